The highest BCUT2D eigenvalue weighted by Gasteiger charge is 2.29. The Labute approximate surface area is 161 Å². The maximum absolute atomic E-state index is 12.3. The topological polar surface area (TPSA) is 67.4 Å². The lowest BCUT2D eigenvalue weighted by Crippen LogP contribution is -2.30. The van der Waals surface area contributed by atoms with E-state index in [-0.39, 0.29) is 17.7 Å². The fourth-order valence-corrected chi connectivity index (χ4v) is 2.74. The minimum absolute atomic E-state index is 0.0450. The van der Waals surface area contributed by atoms with Crippen molar-refractivity contribution in [1.29, 1.82) is 0 Å². The van der Waals surface area contributed by atoms with E-state index in [1.807, 2.05) is 0 Å². The summed E-state index contributed by atoms with van der Waals surface area (Å²) in [6.45, 7) is 1.63. The molecule has 1 aliphatic rings. The van der Waals surface area contributed by atoms with Gasteiger partial charge in [0.15, 0.2) is 6.10 Å². The van der Waals surface area contributed by atoms with Crippen molar-refractivity contribution < 1.29 is 14.3 Å². The third-order valence-electron chi connectivity index (χ3n) is 3.94. The standard InChI is InChI=1S/C19H18Cl2N2O3/c1-11(26-17-9-4-13(20)10-16(17)21)18(24)22-14-5-7-15(8-6-14)23-19(25)12-2-3-12/h4-12H,2-3H2,1H3,(H,22,24)(H,23,25)/t11-/m0/s1. The Morgan fingerprint density at radius 2 is 1.65 bits per heavy atom. The SMILES string of the molecule is C[C@H](Oc1ccc(Cl)cc1Cl)C(=O)Nc1ccc(NC(=O)C2CC2)cc1. The predicted molar refractivity (Wildman–Crippen MR) is 103 cm³/mol. The molecule has 26 heavy (non-hydrogen) atoms. The van der Waals surface area contributed by atoms with Gasteiger partial charge < -0.3 is 15.4 Å². The molecule has 1 aliphatic carbocycles. The second kappa shape index (κ2) is 7.98. The van der Waals surface area contributed by atoms with Gasteiger partial charge in [-0.15, -0.1) is 0 Å². The van der Waals surface area contributed by atoms with Gasteiger partial charge in [-0.25, -0.2) is 0 Å². The molecule has 1 atom stereocenters. The van der Waals surface area contributed by atoms with Crippen molar-refractivity contribution in [1.82, 2.24) is 0 Å². The van der Waals surface area contributed by atoms with E-state index in [1.165, 1.54) is 0 Å². The molecule has 0 bridgehead atoms. The van der Waals surface area contributed by atoms with Gasteiger partial charge in [-0.1, -0.05) is 23.2 Å². The van der Waals surface area contributed by atoms with Gasteiger partial charge in [0.25, 0.3) is 5.91 Å². The number of nitrogens with one attached hydrogen (secondary N) is 2. The molecule has 7 heteroatoms. The van der Waals surface area contributed by atoms with Crippen LogP contribution < -0.4 is 15.4 Å². The van der Waals surface area contributed by atoms with E-state index in [0.29, 0.717) is 27.2 Å². The minimum Gasteiger partial charge on any atom is -0.479 e. The molecule has 1 fully saturated rings. The molecule has 2 aromatic carbocycles. The van der Waals surface area contributed by atoms with Gasteiger partial charge in [-0.3, -0.25) is 9.59 Å². The van der Waals surface area contributed by atoms with Gasteiger partial charge in [0.05, 0.1) is 5.02 Å². The second-order valence-corrected chi connectivity index (χ2v) is 7.01. The molecule has 2 N–H and O–H groups in total. The molecule has 3 rings (SSSR count). The molecule has 5 nitrogen and oxygen atoms in total. The summed E-state index contributed by atoms with van der Waals surface area (Å²) in [7, 11) is 0. The average molecular weight is 393 g/mol. The molecular formula is C19H18Cl2N2O3. The van der Waals surface area contributed by atoms with Crippen molar-refractivity contribution >= 4 is 46.4 Å². The number of rotatable bonds is 6. The zero-order valence-corrected chi connectivity index (χ0v) is 15.6. The fraction of sp³-hybridized carbons (Fsp3) is 0.263. The smallest absolute Gasteiger partial charge is 0.265 e. The van der Waals surface area contributed by atoms with Crippen LogP contribution in [0, 0.1) is 5.92 Å². The zero-order chi connectivity index (χ0) is 18.7. The van der Waals surface area contributed by atoms with E-state index in [2.05, 4.69) is 10.6 Å². The summed E-state index contributed by atoms with van der Waals surface area (Å²) in [5, 5.41) is 6.45. The second-order valence-electron chi connectivity index (χ2n) is 6.16. The van der Waals surface area contributed by atoms with E-state index in [4.69, 9.17) is 27.9 Å². The molecule has 0 saturated heterocycles. The molecule has 0 heterocycles. The van der Waals surface area contributed by atoms with Crippen LogP contribution in [0.3, 0.4) is 0 Å². The molecule has 0 aliphatic heterocycles. The molecule has 0 radical (unpaired) electrons. The Morgan fingerprint density at radius 3 is 2.23 bits per heavy atom. The van der Waals surface area contributed by atoms with Crippen LogP contribution >= 0.6 is 23.2 Å². The summed E-state index contributed by atoms with van der Waals surface area (Å²) in [4.78, 5) is 24.0. The third kappa shape index (κ3) is 4.90. The Hall–Kier alpha value is -2.24. The quantitative estimate of drug-likeness (QED) is 0.745. The van der Waals surface area contributed by atoms with Crippen LogP contribution in [0.15, 0.2) is 42.5 Å². The number of anilines is 2. The summed E-state index contributed by atoms with van der Waals surface area (Å²) in [6, 6.07) is 11.8. The molecule has 2 aromatic rings. The Kier molecular flexibility index (Phi) is 5.69. The number of hydrogen-bond donors (Lipinski definition) is 2. The number of carbonyl (C=O) groups is 2. The predicted octanol–water partition coefficient (Wildman–Crippen LogP) is 4.75. The van der Waals surface area contributed by atoms with Gasteiger partial charge in [-0.05, 0) is 62.2 Å². The Morgan fingerprint density at radius 1 is 1.04 bits per heavy atom. The molecular weight excluding hydrogens is 375 g/mol. The van der Waals surface area contributed by atoms with Crippen molar-refractivity contribution in [2.24, 2.45) is 5.92 Å². The number of amides is 2. The van der Waals surface area contributed by atoms with Gasteiger partial charge in [0.2, 0.25) is 5.91 Å². The lowest BCUT2D eigenvalue weighted by atomic mass is 10.2. The van der Waals surface area contributed by atoms with Crippen LogP contribution in [0.4, 0.5) is 11.4 Å². The van der Waals surface area contributed by atoms with Crippen LogP contribution in [0.25, 0.3) is 0 Å². The van der Waals surface area contributed by atoms with E-state index >= 15 is 0 Å². The molecule has 0 aromatic heterocycles. The van der Waals surface area contributed by atoms with E-state index in [1.54, 1.807) is 49.4 Å². The molecule has 1 saturated carbocycles. The number of halogens is 2. The van der Waals surface area contributed by atoms with Crippen LogP contribution in [-0.4, -0.2) is 17.9 Å². The first-order valence-electron chi connectivity index (χ1n) is 8.26. The van der Waals surface area contributed by atoms with Crippen LogP contribution in [-0.2, 0) is 9.59 Å². The highest BCUT2D eigenvalue weighted by Crippen LogP contribution is 2.30. The van der Waals surface area contributed by atoms with Crippen LogP contribution in [0.2, 0.25) is 10.0 Å². The summed E-state index contributed by atoms with van der Waals surface area (Å²) in [5.41, 5.74) is 1.31. The van der Waals surface area contributed by atoms with E-state index < -0.39 is 6.10 Å². The normalized spacial score (nSPS) is 14.4. The fourth-order valence-electron chi connectivity index (χ4n) is 2.29. The molecule has 2 amide bonds. The maximum atomic E-state index is 12.3. The van der Waals surface area contributed by atoms with Crippen molar-refractivity contribution in [2.75, 3.05) is 10.6 Å². The molecule has 0 spiro atoms. The highest BCUT2D eigenvalue weighted by molar-refractivity contribution is 6.35. The van der Waals surface area contributed by atoms with Crippen molar-refractivity contribution in [3.8, 4) is 5.75 Å². The van der Waals surface area contributed by atoms with Crippen molar-refractivity contribution in [2.45, 2.75) is 25.9 Å². The van der Waals surface area contributed by atoms with Gasteiger partial charge in [0, 0.05) is 22.3 Å². The minimum atomic E-state index is -0.747. The first-order chi connectivity index (χ1) is 12.4. The molecule has 0 unspecified atom stereocenters. The van der Waals surface area contributed by atoms with Crippen LogP contribution in [0.5, 0.6) is 5.75 Å². The Balaban J connectivity index is 1.55. The summed E-state index contributed by atoms with van der Waals surface area (Å²) in [5.74, 6) is 0.262. The van der Waals surface area contributed by atoms with E-state index in [0.717, 1.165) is 12.8 Å². The number of hydrogen-bond acceptors (Lipinski definition) is 3. The summed E-state index contributed by atoms with van der Waals surface area (Å²) in [6.07, 6.45) is 1.16. The zero-order valence-electron chi connectivity index (χ0n) is 14.1. The largest absolute Gasteiger partial charge is 0.479 e. The lowest BCUT2D eigenvalue weighted by molar-refractivity contribution is -0.122. The maximum Gasteiger partial charge on any atom is 0.265 e. The first kappa shape index (κ1) is 18.5. The van der Waals surface area contributed by atoms with Gasteiger partial charge in [-0.2, -0.15) is 0 Å². The third-order valence-corrected chi connectivity index (χ3v) is 4.47. The summed E-state index contributed by atoms with van der Waals surface area (Å²) < 4.78 is 5.58. The number of benzene rings is 2. The van der Waals surface area contributed by atoms with E-state index in [9.17, 15) is 9.59 Å². The van der Waals surface area contributed by atoms with Crippen LogP contribution in [0.1, 0.15) is 19.8 Å². The summed E-state index contributed by atoms with van der Waals surface area (Å²) >= 11 is 11.9. The van der Waals surface area contributed by atoms with Crippen molar-refractivity contribution in [3.63, 3.8) is 0 Å². The monoisotopic (exact) mass is 392 g/mol. The lowest BCUT2D eigenvalue weighted by Gasteiger charge is -2.16. The number of carbonyl (C=O) groups excluding carboxylic acids is 2. The van der Waals surface area contributed by atoms with Gasteiger partial charge in [0.1, 0.15) is 5.75 Å². The highest BCUT2D eigenvalue weighted by atomic mass is 35.5. The Bertz CT molecular complexity index is 820. The number of ether oxygens (including phenoxy) is 1. The van der Waals surface area contributed by atoms with Gasteiger partial charge >= 0.3 is 0 Å². The molecule has 136 valence electrons. The van der Waals surface area contributed by atoms with Crippen molar-refractivity contribution in [3.05, 3.63) is 52.5 Å². The first-order valence-corrected chi connectivity index (χ1v) is 9.01. The average Bonchev–Trinajstić information content (AvgIpc) is 3.44.